The highest BCUT2D eigenvalue weighted by molar-refractivity contribution is 8.15. The molecule has 2 aliphatic rings. The number of carbonyl (C=O) groups excluding carboxylic acids is 3. The van der Waals surface area contributed by atoms with Crippen molar-refractivity contribution in [2.24, 2.45) is 10.9 Å². The number of fused-ring (bicyclic) bond motifs is 1. The molecule has 3 atom stereocenters. The number of nitrogens with zero attached hydrogens (tertiary/aromatic N) is 4. The van der Waals surface area contributed by atoms with Crippen LogP contribution in [0.1, 0.15) is 50.2 Å². The van der Waals surface area contributed by atoms with Gasteiger partial charge in [-0.05, 0) is 58.4 Å². The minimum atomic E-state index is -4.58. The van der Waals surface area contributed by atoms with E-state index in [1.807, 2.05) is 0 Å². The van der Waals surface area contributed by atoms with Crippen LogP contribution >= 0.6 is 11.8 Å². The van der Waals surface area contributed by atoms with Gasteiger partial charge in [0, 0.05) is 31.8 Å². The van der Waals surface area contributed by atoms with Gasteiger partial charge in [0.2, 0.25) is 5.88 Å². The molecule has 4 rings (SSSR count). The Labute approximate surface area is 292 Å². The van der Waals surface area contributed by atoms with Gasteiger partial charge in [-0.2, -0.15) is 13.2 Å². The number of thioether (sulfide) groups is 1. The molecule has 0 spiro atoms. The second kappa shape index (κ2) is 14.5. The first-order valence-corrected chi connectivity index (χ1v) is 20.2. The number of aromatic nitrogens is 2. The molecule has 0 bridgehead atoms. The maximum atomic E-state index is 15.8. The van der Waals surface area contributed by atoms with Crippen molar-refractivity contribution >= 4 is 48.7 Å². The first-order chi connectivity index (χ1) is 23.1. The minimum Gasteiger partial charge on any atom is -0.468 e. The third kappa shape index (κ3) is 9.51. The van der Waals surface area contributed by atoms with Gasteiger partial charge in [0.1, 0.15) is 28.6 Å². The molecule has 1 aromatic heterocycles. The second-order valence-electron chi connectivity index (χ2n) is 14.3. The smallest absolute Gasteiger partial charge is 0.422 e. The van der Waals surface area contributed by atoms with E-state index in [4.69, 9.17) is 19.2 Å². The number of rotatable bonds is 11. The zero-order valence-electron chi connectivity index (χ0n) is 29.1. The van der Waals surface area contributed by atoms with Crippen LogP contribution in [0.2, 0.25) is 25.7 Å². The number of anilines is 1. The molecular formula is C32H41F4N5O7SSi. The monoisotopic (exact) mass is 743 g/mol. The van der Waals surface area contributed by atoms with Crippen LogP contribution in [0.5, 0.6) is 5.88 Å². The lowest BCUT2D eigenvalue weighted by Crippen LogP contribution is -2.47. The zero-order valence-corrected chi connectivity index (χ0v) is 30.9. The van der Waals surface area contributed by atoms with Gasteiger partial charge in [0.05, 0.1) is 25.0 Å². The number of carbonyl (C=O) groups is 3. The molecule has 1 N–H and O–H groups in total. The lowest BCUT2D eigenvalue weighted by atomic mass is 9.85. The van der Waals surface area contributed by atoms with Crippen LogP contribution in [-0.2, 0) is 24.5 Å². The predicted octanol–water partition coefficient (Wildman–Crippen LogP) is 6.61. The largest absolute Gasteiger partial charge is 0.468 e. The van der Waals surface area contributed by atoms with E-state index < -0.39 is 72.3 Å². The third-order valence-corrected chi connectivity index (χ3v) is 11.0. The number of aliphatic imine (C=N–C) groups is 1. The van der Waals surface area contributed by atoms with Crippen LogP contribution in [0.25, 0.3) is 0 Å². The number of hydrogen-bond donors (Lipinski definition) is 1. The number of esters is 1. The third-order valence-electron chi connectivity index (χ3n) is 7.80. The fourth-order valence-corrected chi connectivity index (χ4v) is 7.51. The molecule has 18 heteroatoms. The van der Waals surface area contributed by atoms with E-state index in [9.17, 15) is 27.6 Å². The van der Waals surface area contributed by atoms with Crippen molar-refractivity contribution in [3.8, 4) is 5.88 Å². The van der Waals surface area contributed by atoms with Crippen molar-refractivity contribution in [3.05, 3.63) is 47.7 Å². The Morgan fingerprint density at radius 3 is 2.40 bits per heavy atom. The molecule has 0 saturated heterocycles. The number of hydrogen-bond acceptors (Lipinski definition) is 11. The highest BCUT2D eigenvalue weighted by Crippen LogP contribution is 2.67. The Morgan fingerprint density at radius 1 is 1.12 bits per heavy atom. The Hall–Kier alpha value is -3.77. The molecule has 1 unspecified atom stereocenters. The van der Waals surface area contributed by atoms with Gasteiger partial charge < -0.3 is 24.3 Å². The van der Waals surface area contributed by atoms with Crippen molar-refractivity contribution in [3.63, 3.8) is 0 Å². The number of nitrogens with one attached hydrogen (secondary N) is 1. The van der Waals surface area contributed by atoms with Gasteiger partial charge in [-0.1, -0.05) is 31.4 Å². The van der Waals surface area contributed by atoms with Crippen LogP contribution in [0.3, 0.4) is 0 Å². The van der Waals surface area contributed by atoms with Gasteiger partial charge in [0.15, 0.2) is 11.8 Å². The highest BCUT2D eigenvalue weighted by atomic mass is 32.2. The van der Waals surface area contributed by atoms with Crippen molar-refractivity contribution in [2.45, 2.75) is 81.9 Å². The fourth-order valence-electron chi connectivity index (χ4n) is 5.16. The lowest BCUT2D eigenvalue weighted by molar-refractivity contribution is -0.154. The van der Waals surface area contributed by atoms with Crippen LogP contribution < -0.4 is 10.1 Å². The molecule has 2 heterocycles. The van der Waals surface area contributed by atoms with Crippen molar-refractivity contribution in [1.82, 2.24) is 14.9 Å². The van der Waals surface area contributed by atoms with Crippen LogP contribution in [0, 0.1) is 11.7 Å². The molecule has 2 aromatic rings. The van der Waals surface area contributed by atoms with Crippen molar-refractivity contribution < 1.29 is 50.9 Å². The molecule has 1 aliphatic heterocycles. The number of amides is 2. The number of alkyl halides is 3. The average Bonchev–Trinajstić information content (AvgIpc) is 3.76. The molecule has 12 nitrogen and oxygen atoms in total. The Morgan fingerprint density at radius 2 is 1.82 bits per heavy atom. The number of halogens is 4. The summed E-state index contributed by atoms with van der Waals surface area (Å²) in [7, 11) is -0.228. The molecule has 1 aliphatic carbocycles. The summed E-state index contributed by atoms with van der Waals surface area (Å²) in [6.45, 7) is 11.9. The van der Waals surface area contributed by atoms with Gasteiger partial charge >= 0.3 is 18.2 Å². The summed E-state index contributed by atoms with van der Waals surface area (Å²) in [5.74, 6) is -3.03. The lowest BCUT2D eigenvalue weighted by Gasteiger charge is -2.37. The molecule has 2 amide bonds. The number of amidine groups is 1. The van der Waals surface area contributed by atoms with E-state index in [0.29, 0.717) is 6.61 Å². The van der Waals surface area contributed by atoms with Gasteiger partial charge in [-0.15, -0.1) is 0 Å². The molecular weight excluding hydrogens is 703 g/mol. The molecule has 1 fully saturated rings. The molecule has 1 saturated carbocycles. The summed E-state index contributed by atoms with van der Waals surface area (Å²) in [6.07, 6.45) is -3.29. The minimum absolute atomic E-state index is 0.0228. The van der Waals surface area contributed by atoms with Crippen molar-refractivity contribution in [1.29, 1.82) is 0 Å². The second-order valence-corrected chi connectivity index (χ2v) is 21.2. The summed E-state index contributed by atoms with van der Waals surface area (Å²) in [5.41, 5.74) is -2.40. The van der Waals surface area contributed by atoms with Crippen LogP contribution in [-0.4, -0.2) is 89.7 Å². The number of methoxy groups -OCH3 is 1. The molecule has 1 aromatic carbocycles. The zero-order chi connectivity index (χ0) is 37.3. The maximum absolute atomic E-state index is 15.8. The van der Waals surface area contributed by atoms with E-state index in [-0.39, 0.29) is 35.3 Å². The Bertz CT molecular complexity index is 1630. The van der Waals surface area contributed by atoms with E-state index in [1.54, 1.807) is 27.7 Å². The van der Waals surface area contributed by atoms with Crippen LogP contribution in [0.4, 0.5) is 28.0 Å². The summed E-state index contributed by atoms with van der Waals surface area (Å²) >= 11 is 1.04. The average molecular weight is 744 g/mol. The summed E-state index contributed by atoms with van der Waals surface area (Å²) in [5, 5.41) is 2.65. The van der Waals surface area contributed by atoms with Gasteiger partial charge in [-0.3, -0.25) is 14.6 Å². The van der Waals surface area contributed by atoms with Crippen molar-refractivity contribution in [2.75, 3.05) is 32.4 Å². The van der Waals surface area contributed by atoms with E-state index in [2.05, 4.69) is 39.7 Å². The Balaban J connectivity index is 1.67. The molecule has 274 valence electrons. The SMILES string of the molecule is COC(=O)[C@]12CC1[C@@](C)(c1cc(NC(=O)c3cnc(OCC(F)(F)F)cn3)ccc1F)N=C(N(COCC[Si](C)(C)C)C(=O)OC(C)(C)C)S2. The standard InChI is InChI=1S/C32H41F4N5O7SSi/c1-29(2,3)48-28(44)41(18-46-11-12-50(6,7)8)27-40-30(4,23-14-31(23,49-27)26(43)45-5)20-13-19(9-10-21(20)33)39-25(42)22-15-38-24(16-37-22)47-17-32(34,35)36/h9-10,13,15-16,23H,11-12,14,17-18H2,1-8H3,(H,39,42)/t23?,30-,31+/m1/s1. The topological polar surface area (TPSA) is 142 Å². The normalized spacial score (nSPS) is 21.8. The van der Waals surface area contributed by atoms with E-state index in [0.717, 1.165) is 36.3 Å². The van der Waals surface area contributed by atoms with E-state index >= 15 is 4.39 Å². The fraction of sp³-hybridized carbons (Fsp3) is 0.562. The first-order valence-electron chi connectivity index (χ1n) is 15.7. The molecule has 50 heavy (non-hydrogen) atoms. The number of ether oxygens (including phenoxy) is 4. The summed E-state index contributed by atoms with van der Waals surface area (Å²) in [6, 6.07) is 4.61. The maximum Gasteiger partial charge on any atom is 0.422 e. The van der Waals surface area contributed by atoms with Gasteiger partial charge in [0.25, 0.3) is 5.91 Å². The van der Waals surface area contributed by atoms with E-state index in [1.165, 1.54) is 24.1 Å². The number of benzene rings is 1. The quantitative estimate of drug-likeness (QED) is 0.0879. The highest BCUT2D eigenvalue weighted by Gasteiger charge is 2.72. The first kappa shape index (κ1) is 39.0. The Kier molecular flexibility index (Phi) is 11.3. The summed E-state index contributed by atoms with van der Waals surface area (Å²) < 4.78 is 73.2. The van der Waals surface area contributed by atoms with Crippen LogP contribution in [0.15, 0.2) is 35.6 Å². The molecule has 0 radical (unpaired) electrons. The summed E-state index contributed by atoms with van der Waals surface area (Å²) in [4.78, 5) is 53.4. The predicted molar refractivity (Wildman–Crippen MR) is 180 cm³/mol. The van der Waals surface area contributed by atoms with Gasteiger partial charge in [-0.25, -0.2) is 24.1 Å².